The highest BCUT2D eigenvalue weighted by Gasteiger charge is 2.25. The third-order valence-electron chi connectivity index (χ3n) is 4.28. The molecule has 0 saturated heterocycles. The van der Waals surface area contributed by atoms with Crippen LogP contribution in [0.25, 0.3) is 6.08 Å². The molecular weight excluding hydrogens is 450 g/mol. The van der Waals surface area contributed by atoms with Crippen molar-refractivity contribution in [3.05, 3.63) is 78.4 Å². The van der Waals surface area contributed by atoms with Gasteiger partial charge in [0.25, 0.3) is 10.0 Å². The van der Waals surface area contributed by atoms with Gasteiger partial charge in [-0.25, -0.2) is 13.2 Å². The lowest BCUT2D eigenvalue weighted by Crippen LogP contribution is -2.15. The molecule has 32 heavy (non-hydrogen) atoms. The molecule has 0 heterocycles. The molecule has 3 aromatic carbocycles. The summed E-state index contributed by atoms with van der Waals surface area (Å²) in [7, 11) is -1.40. The maximum Gasteiger partial charge on any atom is 0.328 e. The van der Waals surface area contributed by atoms with E-state index in [1.807, 2.05) is 42.5 Å². The number of sulfonamides is 1. The minimum Gasteiger partial charge on any atom is -0.493 e. The van der Waals surface area contributed by atoms with E-state index in [4.69, 9.17) is 14.6 Å². The topological polar surface area (TPSA) is 102 Å². The predicted molar refractivity (Wildman–Crippen MR) is 124 cm³/mol. The van der Waals surface area contributed by atoms with Gasteiger partial charge in [-0.3, -0.25) is 4.72 Å². The van der Waals surface area contributed by atoms with Gasteiger partial charge in [0.05, 0.1) is 19.9 Å². The van der Waals surface area contributed by atoms with Crippen LogP contribution in [0.4, 0.5) is 5.69 Å². The number of carbonyl (C=O) groups is 1. The van der Waals surface area contributed by atoms with E-state index in [1.165, 1.54) is 44.2 Å². The van der Waals surface area contributed by atoms with Gasteiger partial charge in [0, 0.05) is 15.9 Å². The number of ether oxygens (including phenoxy) is 2. The summed E-state index contributed by atoms with van der Waals surface area (Å²) >= 11 is 1.42. The molecule has 0 unspecified atom stereocenters. The van der Waals surface area contributed by atoms with E-state index in [1.54, 1.807) is 12.1 Å². The summed E-state index contributed by atoms with van der Waals surface area (Å²) in [5, 5.41) is 8.90. The van der Waals surface area contributed by atoms with E-state index in [2.05, 4.69) is 4.72 Å². The molecule has 7 nitrogen and oxygen atoms in total. The van der Waals surface area contributed by atoms with Gasteiger partial charge in [-0.15, -0.1) is 0 Å². The van der Waals surface area contributed by atoms with Gasteiger partial charge < -0.3 is 14.6 Å². The van der Waals surface area contributed by atoms with Crippen LogP contribution in [0.1, 0.15) is 5.56 Å². The minimum absolute atomic E-state index is 0.0145. The molecule has 0 aliphatic heterocycles. The second-order valence-electron chi connectivity index (χ2n) is 6.44. The number of hydrogen-bond acceptors (Lipinski definition) is 6. The average molecular weight is 472 g/mol. The van der Waals surface area contributed by atoms with Gasteiger partial charge in [-0.2, -0.15) is 0 Å². The summed E-state index contributed by atoms with van der Waals surface area (Å²) in [5.41, 5.74) is 0.728. The van der Waals surface area contributed by atoms with Gasteiger partial charge in [-0.1, -0.05) is 42.1 Å². The highest BCUT2D eigenvalue weighted by atomic mass is 32.2. The molecule has 2 N–H and O–H groups in total. The lowest BCUT2D eigenvalue weighted by molar-refractivity contribution is -0.131. The summed E-state index contributed by atoms with van der Waals surface area (Å²) in [6.45, 7) is 0. The number of rotatable bonds is 9. The summed E-state index contributed by atoms with van der Waals surface area (Å²) in [6.07, 6.45) is 2.19. The highest BCUT2D eigenvalue weighted by Crippen LogP contribution is 2.39. The molecule has 0 bridgehead atoms. The monoisotopic (exact) mass is 471 g/mol. The standard InChI is InChI=1S/C23H21NO6S2/c1-29-19-14-16(12-13-22(25)26)15-21(23(19)30-2)32(27,28)24-18-10-6-7-11-20(18)31-17-8-4-3-5-9-17/h3-15,24H,1-2H3,(H,25,26)/b13-12+. The van der Waals surface area contributed by atoms with E-state index >= 15 is 0 Å². The highest BCUT2D eigenvalue weighted by molar-refractivity contribution is 7.99. The van der Waals surface area contributed by atoms with E-state index < -0.39 is 16.0 Å². The fraction of sp³-hybridized carbons (Fsp3) is 0.0870. The van der Waals surface area contributed by atoms with Crippen molar-refractivity contribution in [1.82, 2.24) is 0 Å². The third kappa shape index (κ3) is 5.63. The van der Waals surface area contributed by atoms with Gasteiger partial charge in [-0.05, 0) is 48.0 Å². The third-order valence-corrected chi connectivity index (χ3v) is 6.73. The minimum atomic E-state index is -4.11. The molecule has 3 rings (SSSR count). The molecule has 0 aliphatic carbocycles. The molecule has 0 atom stereocenters. The van der Waals surface area contributed by atoms with Crippen molar-refractivity contribution < 1.29 is 27.8 Å². The molecular formula is C23H21NO6S2. The zero-order chi connectivity index (χ0) is 23.1. The number of benzene rings is 3. The Hall–Kier alpha value is -3.43. The van der Waals surface area contributed by atoms with Gasteiger partial charge in [0.1, 0.15) is 4.90 Å². The largest absolute Gasteiger partial charge is 0.493 e. The molecule has 0 aliphatic rings. The summed E-state index contributed by atoms with van der Waals surface area (Å²) in [6, 6.07) is 19.5. The SMILES string of the molecule is COc1cc(/C=C/C(=O)O)cc(S(=O)(=O)Nc2ccccc2Sc2ccccc2)c1OC. The van der Waals surface area contributed by atoms with Crippen molar-refractivity contribution in [2.24, 2.45) is 0 Å². The van der Waals surface area contributed by atoms with Crippen LogP contribution >= 0.6 is 11.8 Å². The predicted octanol–water partition coefficient (Wildman–Crippen LogP) is 4.75. The lowest BCUT2D eigenvalue weighted by Gasteiger charge is -2.17. The molecule has 166 valence electrons. The molecule has 3 aromatic rings. The molecule has 0 amide bonds. The number of nitrogens with one attached hydrogen (secondary N) is 1. The second kappa shape index (κ2) is 10.3. The van der Waals surface area contributed by atoms with Crippen molar-refractivity contribution in [3.8, 4) is 11.5 Å². The van der Waals surface area contributed by atoms with E-state index in [-0.39, 0.29) is 16.4 Å². The molecule has 0 aromatic heterocycles. The van der Waals surface area contributed by atoms with E-state index in [0.29, 0.717) is 11.3 Å². The van der Waals surface area contributed by atoms with Gasteiger partial charge in [0.2, 0.25) is 0 Å². The first-order chi connectivity index (χ1) is 15.3. The Morgan fingerprint density at radius 2 is 1.69 bits per heavy atom. The van der Waals surface area contributed by atoms with Crippen LogP contribution in [0.15, 0.2) is 87.5 Å². The van der Waals surface area contributed by atoms with Gasteiger partial charge >= 0.3 is 5.97 Å². The van der Waals surface area contributed by atoms with E-state index in [0.717, 1.165) is 15.9 Å². The Morgan fingerprint density at radius 3 is 2.34 bits per heavy atom. The summed E-state index contributed by atoms with van der Waals surface area (Å²) < 4.78 is 39.9. The first-order valence-corrected chi connectivity index (χ1v) is 11.7. The second-order valence-corrected chi connectivity index (χ2v) is 9.21. The maximum absolute atomic E-state index is 13.3. The average Bonchev–Trinajstić information content (AvgIpc) is 2.78. The Labute approximate surface area is 190 Å². The number of aliphatic carboxylic acids is 1. The number of methoxy groups -OCH3 is 2. The summed E-state index contributed by atoms with van der Waals surface area (Å²) in [5.74, 6) is -0.984. The Morgan fingerprint density at radius 1 is 1.00 bits per heavy atom. The van der Waals surface area contributed by atoms with Crippen molar-refractivity contribution in [2.75, 3.05) is 18.9 Å². The van der Waals surface area contributed by atoms with Crippen LogP contribution in [-0.4, -0.2) is 33.7 Å². The first-order valence-electron chi connectivity index (χ1n) is 9.36. The number of carboxylic acid groups (broad SMARTS) is 1. The zero-order valence-electron chi connectivity index (χ0n) is 17.3. The fourth-order valence-electron chi connectivity index (χ4n) is 2.87. The number of carboxylic acids is 1. The van der Waals surface area contributed by atoms with Crippen LogP contribution < -0.4 is 14.2 Å². The maximum atomic E-state index is 13.3. The van der Waals surface area contributed by atoms with Crippen LogP contribution in [-0.2, 0) is 14.8 Å². The molecule has 0 radical (unpaired) electrons. The number of para-hydroxylation sites is 1. The van der Waals surface area contributed by atoms with Crippen molar-refractivity contribution in [1.29, 1.82) is 0 Å². The molecule has 0 spiro atoms. The van der Waals surface area contributed by atoms with Crippen molar-refractivity contribution in [2.45, 2.75) is 14.7 Å². The Kier molecular flexibility index (Phi) is 7.45. The normalized spacial score (nSPS) is 11.3. The van der Waals surface area contributed by atoms with Crippen LogP contribution in [0.5, 0.6) is 11.5 Å². The first kappa shape index (κ1) is 23.2. The molecule has 0 saturated carbocycles. The van der Waals surface area contributed by atoms with Crippen LogP contribution in [0, 0.1) is 0 Å². The van der Waals surface area contributed by atoms with E-state index in [9.17, 15) is 13.2 Å². The van der Waals surface area contributed by atoms with Crippen molar-refractivity contribution in [3.63, 3.8) is 0 Å². The molecule has 0 fully saturated rings. The van der Waals surface area contributed by atoms with Crippen LogP contribution in [0.3, 0.4) is 0 Å². The summed E-state index contributed by atoms with van der Waals surface area (Å²) in [4.78, 5) is 12.4. The lowest BCUT2D eigenvalue weighted by atomic mass is 10.2. The smallest absolute Gasteiger partial charge is 0.328 e. The Bertz CT molecular complexity index is 1240. The molecule has 9 heteroatoms. The number of hydrogen-bond donors (Lipinski definition) is 2. The number of anilines is 1. The zero-order valence-corrected chi connectivity index (χ0v) is 18.9. The van der Waals surface area contributed by atoms with Crippen LogP contribution in [0.2, 0.25) is 0 Å². The quantitative estimate of drug-likeness (QED) is 0.434. The fourth-order valence-corrected chi connectivity index (χ4v) is 5.15. The Balaban J connectivity index is 2.03. The van der Waals surface area contributed by atoms with Crippen molar-refractivity contribution >= 4 is 39.5 Å². The van der Waals surface area contributed by atoms with Gasteiger partial charge in [0.15, 0.2) is 11.5 Å².